The molecule has 0 radical (unpaired) electrons. The van der Waals surface area contributed by atoms with E-state index in [0.29, 0.717) is 6.92 Å². The zero-order valence-electron chi connectivity index (χ0n) is 5.67. The van der Waals surface area contributed by atoms with Crippen LogP contribution in [0.2, 0.25) is 0 Å². The van der Waals surface area contributed by atoms with E-state index in [2.05, 4.69) is 4.98 Å². The highest BCUT2D eigenvalue weighted by Gasteiger charge is 2.34. The fourth-order valence-electron chi connectivity index (χ4n) is 0.550. The number of halogens is 2. The van der Waals surface area contributed by atoms with Crippen LogP contribution in [0.1, 0.15) is 17.4 Å². The summed E-state index contributed by atoms with van der Waals surface area (Å²) >= 11 is 1.12. The Morgan fingerprint density at radius 2 is 2.36 bits per heavy atom. The van der Waals surface area contributed by atoms with Crippen LogP contribution in [0.4, 0.5) is 8.78 Å². The van der Waals surface area contributed by atoms with Crippen molar-refractivity contribution in [2.75, 3.05) is 0 Å². The van der Waals surface area contributed by atoms with Crippen molar-refractivity contribution in [2.45, 2.75) is 12.8 Å². The minimum absolute atomic E-state index is 0.164. The topological polar surface area (TPSA) is 30.0 Å². The molecule has 0 unspecified atom stereocenters. The molecule has 0 bridgehead atoms. The summed E-state index contributed by atoms with van der Waals surface area (Å²) < 4.78 is 24.6. The number of hydrogen-bond acceptors (Lipinski definition) is 3. The Kier molecular flexibility index (Phi) is 1.99. The number of thiazole rings is 1. The predicted molar refractivity (Wildman–Crippen MR) is 37.1 cm³/mol. The summed E-state index contributed by atoms with van der Waals surface area (Å²) in [6.45, 7) is 0.564. The van der Waals surface area contributed by atoms with Crippen molar-refractivity contribution in [1.82, 2.24) is 4.98 Å². The standard InChI is InChI=1S/C6H5F2NOS/c1-6(7,8)5(10)4-2-11-3-9-4/h2-3H,1H3. The van der Waals surface area contributed by atoms with E-state index in [9.17, 15) is 13.6 Å². The maximum absolute atomic E-state index is 12.3. The van der Waals surface area contributed by atoms with E-state index in [0.717, 1.165) is 11.3 Å². The molecule has 0 fully saturated rings. The van der Waals surface area contributed by atoms with Gasteiger partial charge in [-0.15, -0.1) is 11.3 Å². The van der Waals surface area contributed by atoms with Crippen molar-refractivity contribution in [2.24, 2.45) is 0 Å². The number of ketones is 1. The fourth-order valence-corrected chi connectivity index (χ4v) is 1.08. The fraction of sp³-hybridized carbons (Fsp3) is 0.333. The van der Waals surface area contributed by atoms with Crippen LogP contribution in [-0.2, 0) is 0 Å². The maximum atomic E-state index is 12.3. The van der Waals surface area contributed by atoms with Crippen LogP contribution < -0.4 is 0 Å². The first kappa shape index (κ1) is 8.26. The summed E-state index contributed by atoms with van der Waals surface area (Å²) in [5.74, 6) is -4.53. The highest BCUT2D eigenvalue weighted by atomic mass is 32.1. The molecule has 0 spiro atoms. The third-order valence-corrected chi connectivity index (χ3v) is 1.65. The molecule has 11 heavy (non-hydrogen) atoms. The number of carbonyl (C=O) groups is 1. The highest BCUT2D eigenvalue weighted by molar-refractivity contribution is 7.07. The molecule has 0 aliphatic heterocycles. The zero-order valence-corrected chi connectivity index (χ0v) is 6.49. The molecule has 1 rings (SSSR count). The second-order valence-corrected chi connectivity index (χ2v) is 2.81. The van der Waals surface area contributed by atoms with Crippen LogP contribution >= 0.6 is 11.3 Å². The van der Waals surface area contributed by atoms with Crippen molar-refractivity contribution in [3.05, 3.63) is 16.6 Å². The van der Waals surface area contributed by atoms with E-state index in [1.54, 1.807) is 0 Å². The average molecular weight is 177 g/mol. The molecule has 1 aromatic rings. The average Bonchev–Trinajstić information content (AvgIpc) is 2.34. The van der Waals surface area contributed by atoms with Crippen LogP contribution in [0.15, 0.2) is 10.9 Å². The van der Waals surface area contributed by atoms with E-state index in [1.807, 2.05) is 0 Å². The summed E-state index contributed by atoms with van der Waals surface area (Å²) in [5, 5.41) is 1.31. The SMILES string of the molecule is CC(F)(F)C(=O)c1cscn1. The Hall–Kier alpha value is -0.840. The normalized spacial score (nSPS) is 11.5. The van der Waals surface area contributed by atoms with Gasteiger partial charge in [-0.2, -0.15) is 8.78 Å². The van der Waals surface area contributed by atoms with Gasteiger partial charge in [0, 0.05) is 12.3 Å². The lowest BCUT2D eigenvalue weighted by molar-refractivity contribution is 0.0217. The number of nitrogens with zero attached hydrogens (tertiary/aromatic N) is 1. The summed E-state index contributed by atoms with van der Waals surface area (Å²) in [4.78, 5) is 14.2. The Balaban J connectivity index is 2.88. The smallest absolute Gasteiger partial charge is 0.286 e. The number of hydrogen-bond donors (Lipinski definition) is 0. The molecule has 0 atom stereocenters. The molecule has 0 amide bonds. The van der Waals surface area contributed by atoms with Gasteiger partial charge in [0.25, 0.3) is 5.78 Å². The third-order valence-electron chi connectivity index (χ3n) is 1.06. The molecule has 2 nitrogen and oxygen atoms in total. The molecule has 0 aliphatic rings. The number of alkyl halides is 2. The molecular formula is C6H5F2NOS. The molecule has 0 aromatic carbocycles. The van der Waals surface area contributed by atoms with Gasteiger partial charge in [-0.3, -0.25) is 4.79 Å². The van der Waals surface area contributed by atoms with E-state index in [1.165, 1.54) is 10.9 Å². The van der Waals surface area contributed by atoms with Gasteiger partial charge < -0.3 is 0 Å². The molecule has 1 aromatic heterocycles. The minimum Gasteiger partial charge on any atom is -0.286 e. The first-order valence-corrected chi connectivity index (χ1v) is 3.77. The Morgan fingerprint density at radius 3 is 2.73 bits per heavy atom. The van der Waals surface area contributed by atoms with Crippen LogP contribution in [0.5, 0.6) is 0 Å². The van der Waals surface area contributed by atoms with Crippen molar-refractivity contribution in [3.8, 4) is 0 Å². The largest absolute Gasteiger partial charge is 0.308 e. The summed E-state index contributed by atoms with van der Waals surface area (Å²) in [6, 6.07) is 0. The third kappa shape index (κ3) is 1.80. The van der Waals surface area contributed by atoms with E-state index >= 15 is 0 Å². The lowest BCUT2D eigenvalue weighted by Crippen LogP contribution is -2.24. The first-order chi connectivity index (χ1) is 5.02. The molecule has 0 saturated carbocycles. The summed E-state index contributed by atoms with van der Waals surface area (Å²) in [5.41, 5.74) is 1.18. The number of aromatic nitrogens is 1. The van der Waals surface area contributed by atoms with Crippen molar-refractivity contribution in [1.29, 1.82) is 0 Å². The van der Waals surface area contributed by atoms with Crippen LogP contribution in [-0.4, -0.2) is 16.7 Å². The minimum atomic E-state index is -3.31. The lowest BCUT2D eigenvalue weighted by atomic mass is 10.2. The van der Waals surface area contributed by atoms with Crippen LogP contribution in [0.25, 0.3) is 0 Å². The van der Waals surface area contributed by atoms with E-state index < -0.39 is 11.7 Å². The van der Waals surface area contributed by atoms with Gasteiger partial charge in [0.15, 0.2) is 0 Å². The molecule has 0 aliphatic carbocycles. The molecule has 0 saturated heterocycles. The quantitative estimate of drug-likeness (QED) is 0.646. The Bertz CT molecular complexity index is 252. The van der Waals surface area contributed by atoms with Crippen LogP contribution in [0.3, 0.4) is 0 Å². The van der Waals surface area contributed by atoms with Gasteiger partial charge in [0.2, 0.25) is 0 Å². The summed E-state index contributed by atoms with van der Waals surface area (Å²) in [7, 11) is 0. The second kappa shape index (κ2) is 2.65. The van der Waals surface area contributed by atoms with Gasteiger partial charge in [-0.05, 0) is 0 Å². The van der Waals surface area contributed by atoms with Gasteiger partial charge in [-0.1, -0.05) is 0 Å². The van der Waals surface area contributed by atoms with Gasteiger partial charge >= 0.3 is 5.92 Å². The second-order valence-electron chi connectivity index (χ2n) is 2.09. The van der Waals surface area contributed by atoms with Gasteiger partial charge in [-0.25, -0.2) is 4.98 Å². The van der Waals surface area contributed by atoms with Crippen molar-refractivity contribution >= 4 is 17.1 Å². The molecule has 5 heteroatoms. The number of carbonyl (C=O) groups excluding carboxylic acids is 1. The Labute approximate surface area is 65.9 Å². The lowest BCUT2D eigenvalue weighted by Gasteiger charge is -2.04. The van der Waals surface area contributed by atoms with Gasteiger partial charge in [0.05, 0.1) is 5.51 Å². The highest BCUT2D eigenvalue weighted by Crippen LogP contribution is 2.18. The molecular weight excluding hydrogens is 172 g/mol. The van der Waals surface area contributed by atoms with Crippen molar-refractivity contribution < 1.29 is 13.6 Å². The number of Topliss-reactive ketones (excluding diaryl/α,β-unsaturated/α-hetero) is 1. The molecule has 60 valence electrons. The number of rotatable bonds is 2. The maximum Gasteiger partial charge on any atom is 0.308 e. The predicted octanol–water partition coefficient (Wildman–Crippen LogP) is 1.98. The summed E-state index contributed by atoms with van der Waals surface area (Å²) in [6.07, 6.45) is 0. The van der Waals surface area contributed by atoms with Gasteiger partial charge in [0.1, 0.15) is 5.69 Å². The monoisotopic (exact) mass is 177 g/mol. The first-order valence-electron chi connectivity index (χ1n) is 2.82. The van der Waals surface area contributed by atoms with Crippen molar-refractivity contribution in [3.63, 3.8) is 0 Å². The molecule has 1 heterocycles. The Morgan fingerprint density at radius 1 is 1.73 bits per heavy atom. The van der Waals surface area contributed by atoms with Crippen LogP contribution in [0, 0.1) is 0 Å². The molecule has 0 N–H and O–H groups in total. The van der Waals surface area contributed by atoms with E-state index in [-0.39, 0.29) is 5.69 Å². The zero-order chi connectivity index (χ0) is 8.48. The van der Waals surface area contributed by atoms with E-state index in [4.69, 9.17) is 0 Å².